The Bertz CT molecular complexity index is 3910. The van der Waals surface area contributed by atoms with E-state index < -0.39 is 0 Å². The summed E-state index contributed by atoms with van der Waals surface area (Å²) in [5.74, 6) is 1.95. The Morgan fingerprint density at radius 2 is 0.884 bits per heavy atom. The average molecular weight is 897 g/mol. The molecule has 0 atom stereocenters. The molecule has 5 heteroatoms. The molecule has 0 saturated heterocycles. The summed E-state index contributed by atoms with van der Waals surface area (Å²) in [6, 6.07) is 71.4. The monoisotopic (exact) mass is 896 g/mol. The first-order valence-electron chi connectivity index (χ1n) is 23.9. The second-order valence-corrected chi connectivity index (χ2v) is 19.7. The van der Waals surface area contributed by atoms with E-state index in [1.54, 1.807) is 0 Å². The van der Waals surface area contributed by atoms with Crippen molar-refractivity contribution in [3.05, 3.63) is 217 Å². The zero-order valence-corrected chi connectivity index (χ0v) is 39.7. The van der Waals surface area contributed by atoms with Gasteiger partial charge in [0.25, 0.3) is 0 Å². The number of furan rings is 2. The third-order valence-corrected chi connectivity index (χ3v) is 13.7. The summed E-state index contributed by atoms with van der Waals surface area (Å²) >= 11 is 0. The van der Waals surface area contributed by atoms with Crippen LogP contribution in [0.2, 0.25) is 0 Å². The van der Waals surface area contributed by atoms with E-state index in [0.29, 0.717) is 5.92 Å². The predicted octanol–water partition coefficient (Wildman–Crippen LogP) is 19.3. The van der Waals surface area contributed by atoms with Gasteiger partial charge in [0.15, 0.2) is 0 Å². The highest BCUT2D eigenvalue weighted by Crippen LogP contribution is 2.44. The number of hydrogen-bond acceptors (Lipinski definition) is 5. The minimum atomic E-state index is 0.0460. The molecule has 12 aromatic rings. The summed E-state index contributed by atoms with van der Waals surface area (Å²) < 4.78 is 20.2. The average Bonchev–Trinajstić information content (AvgIpc) is 3.89. The van der Waals surface area contributed by atoms with E-state index in [4.69, 9.17) is 13.6 Å². The van der Waals surface area contributed by atoms with Crippen LogP contribution in [-0.2, 0) is 5.41 Å². The van der Waals surface area contributed by atoms with E-state index in [9.17, 15) is 0 Å². The molecule has 0 bridgehead atoms. The van der Waals surface area contributed by atoms with Crippen molar-refractivity contribution in [2.24, 2.45) is 0 Å². The first-order chi connectivity index (χ1) is 33.5. The lowest BCUT2D eigenvalue weighted by atomic mass is 9.87. The molecule has 69 heavy (non-hydrogen) atoms. The van der Waals surface area contributed by atoms with Gasteiger partial charge in [0.05, 0.1) is 0 Å². The van der Waals surface area contributed by atoms with Gasteiger partial charge in [0, 0.05) is 67.8 Å². The molecular formula is C64H52N2O3. The Kier molecular flexibility index (Phi) is 10.1. The molecule has 0 amide bonds. The molecule has 0 radical (unpaired) electrons. The van der Waals surface area contributed by atoms with Crippen molar-refractivity contribution in [3.63, 3.8) is 0 Å². The van der Waals surface area contributed by atoms with Crippen molar-refractivity contribution in [2.45, 2.75) is 52.9 Å². The van der Waals surface area contributed by atoms with Gasteiger partial charge in [-0.05, 0) is 154 Å². The maximum Gasteiger partial charge on any atom is 0.137 e. The van der Waals surface area contributed by atoms with Crippen LogP contribution in [-0.4, -0.2) is 0 Å². The fourth-order valence-corrected chi connectivity index (χ4v) is 9.87. The molecule has 10 aromatic carbocycles. The Labute approximate surface area is 402 Å². The topological polar surface area (TPSA) is 42.0 Å². The second kappa shape index (κ2) is 16.5. The van der Waals surface area contributed by atoms with E-state index in [0.717, 1.165) is 95.1 Å². The molecule has 0 saturated carbocycles. The predicted molar refractivity (Wildman–Crippen MR) is 289 cm³/mol. The molecular weight excluding hydrogens is 845 g/mol. The van der Waals surface area contributed by atoms with Gasteiger partial charge in [-0.1, -0.05) is 126 Å². The molecule has 0 aliphatic carbocycles. The Morgan fingerprint density at radius 3 is 1.48 bits per heavy atom. The van der Waals surface area contributed by atoms with Crippen molar-refractivity contribution in [1.82, 2.24) is 0 Å². The molecule has 0 N–H and O–H groups in total. The van der Waals surface area contributed by atoms with Gasteiger partial charge >= 0.3 is 0 Å². The fraction of sp³-hybridized carbons (Fsp3) is 0.125. The molecule has 2 aromatic heterocycles. The molecule has 12 rings (SSSR count). The van der Waals surface area contributed by atoms with Gasteiger partial charge in [-0.3, -0.25) is 0 Å². The summed E-state index contributed by atoms with van der Waals surface area (Å²) in [4.78, 5) is 4.62. The van der Waals surface area contributed by atoms with Gasteiger partial charge in [0.2, 0.25) is 0 Å². The standard InChI is InChI=1S/C64H52N2O3/c1-40(2)42-18-24-48(25-19-42)66(52-27-21-44-13-8-10-15-46(44)34-52)53-30-31-55-56-38-63-58(39-62(56)69-61(55)36-53)57-37-59(41(3)32-60(57)68-63)67-54-17-11-16-50(35-54)65(49-28-22-47(23-29-49)64(4,5)6)51-26-20-43-12-7-9-14-45(43)33-51/h7-40H,1-6H3. The van der Waals surface area contributed by atoms with Crippen LogP contribution in [0.25, 0.3) is 65.4 Å². The minimum absolute atomic E-state index is 0.0460. The number of fused-ring (bicyclic) bond motifs is 8. The summed E-state index contributed by atoms with van der Waals surface area (Å²) in [7, 11) is 0. The lowest BCUT2D eigenvalue weighted by molar-refractivity contribution is 0.479. The number of hydrogen-bond donors (Lipinski definition) is 0. The number of benzene rings is 10. The summed E-state index contributed by atoms with van der Waals surface area (Å²) in [5.41, 5.74) is 13.2. The second-order valence-electron chi connectivity index (χ2n) is 19.7. The van der Waals surface area contributed by atoms with E-state index in [-0.39, 0.29) is 5.41 Å². The third-order valence-electron chi connectivity index (χ3n) is 13.7. The SMILES string of the molecule is Cc1cc2oc3cc4c(cc3c2cc1Oc1cccc(N(c2ccc(C(C)(C)C)cc2)c2ccc3ccccc3c2)c1)oc1cc(N(c2ccc(C(C)C)cc2)c2ccc3ccccc3c2)ccc14. The van der Waals surface area contributed by atoms with Crippen molar-refractivity contribution in [1.29, 1.82) is 0 Å². The summed E-state index contributed by atoms with van der Waals surface area (Å²) in [5, 5.41) is 8.78. The number of aryl methyl sites for hydroxylation is 1. The quantitative estimate of drug-likeness (QED) is 0.144. The van der Waals surface area contributed by atoms with E-state index in [2.05, 4.69) is 245 Å². The Morgan fingerprint density at radius 1 is 0.406 bits per heavy atom. The lowest BCUT2D eigenvalue weighted by Gasteiger charge is -2.27. The maximum absolute atomic E-state index is 6.82. The van der Waals surface area contributed by atoms with Gasteiger partial charge < -0.3 is 23.4 Å². The molecule has 0 spiro atoms. The summed E-state index contributed by atoms with van der Waals surface area (Å²) in [6.07, 6.45) is 0. The van der Waals surface area contributed by atoms with Crippen molar-refractivity contribution in [3.8, 4) is 11.5 Å². The first-order valence-corrected chi connectivity index (χ1v) is 23.9. The van der Waals surface area contributed by atoms with Crippen molar-refractivity contribution < 1.29 is 13.6 Å². The van der Waals surface area contributed by atoms with Crippen molar-refractivity contribution in [2.75, 3.05) is 9.80 Å². The van der Waals surface area contributed by atoms with Crippen molar-refractivity contribution >= 4 is 99.5 Å². The number of nitrogens with zero attached hydrogens (tertiary/aromatic N) is 2. The van der Waals surface area contributed by atoms with Crippen LogP contribution in [0.1, 0.15) is 57.2 Å². The van der Waals surface area contributed by atoms with Gasteiger partial charge in [-0.2, -0.15) is 0 Å². The van der Waals surface area contributed by atoms with Gasteiger partial charge in [0.1, 0.15) is 33.8 Å². The van der Waals surface area contributed by atoms with Crippen LogP contribution in [0.15, 0.2) is 209 Å². The van der Waals surface area contributed by atoms with Crippen LogP contribution in [0.4, 0.5) is 34.1 Å². The normalized spacial score (nSPS) is 12.0. The van der Waals surface area contributed by atoms with Crippen LogP contribution in [0.5, 0.6) is 11.5 Å². The Hall–Kier alpha value is -8.28. The molecule has 5 nitrogen and oxygen atoms in total. The fourth-order valence-electron chi connectivity index (χ4n) is 9.87. The highest BCUT2D eigenvalue weighted by atomic mass is 16.5. The molecule has 336 valence electrons. The molecule has 2 heterocycles. The molecule has 0 aliphatic rings. The van der Waals surface area contributed by atoms with Gasteiger partial charge in [-0.25, -0.2) is 0 Å². The van der Waals surface area contributed by atoms with E-state index in [1.165, 1.54) is 32.7 Å². The highest BCUT2D eigenvalue weighted by Gasteiger charge is 2.21. The first kappa shape index (κ1) is 42.1. The number of anilines is 6. The third kappa shape index (κ3) is 7.70. The molecule has 0 unspecified atom stereocenters. The van der Waals surface area contributed by atoms with Crippen LogP contribution < -0.4 is 14.5 Å². The molecule has 0 aliphatic heterocycles. The lowest BCUT2D eigenvalue weighted by Crippen LogP contribution is -2.13. The smallest absolute Gasteiger partial charge is 0.137 e. The maximum atomic E-state index is 6.82. The largest absolute Gasteiger partial charge is 0.457 e. The van der Waals surface area contributed by atoms with Crippen LogP contribution >= 0.6 is 0 Å². The Balaban J connectivity index is 0.905. The molecule has 0 fully saturated rings. The van der Waals surface area contributed by atoms with Crippen LogP contribution in [0.3, 0.4) is 0 Å². The van der Waals surface area contributed by atoms with Crippen LogP contribution in [0, 0.1) is 6.92 Å². The number of rotatable bonds is 9. The minimum Gasteiger partial charge on any atom is -0.457 e. The van der Waals surface area contributed by atoms with Gasteiger partial charge in [-0.15, -0.1) is 0 Å². The zero-order chi connectivity index (χ0) is 47.0. The number of ether oxygens (including phenoxy) is 1. The highest BCUT2D eigenvalue weighted by molar-refractivity contribution is 6.15. The zero-order valence-electron chi connectivity index (χ0n) is 39.7. The van der Waals surface area contributed by atoms with E-state index >= 15 is 0 Å². The summed E-state index contributed by atoms with van der Waals surface area (Å²) in [6.45, 7) is 13.3. The van der Waals surface area contributed by atoms with E-state index in [1.807, 2.05) is 6.07 Å².